The first-order valence-corrected chi connectivity index (χ1v) is 9.85. The van der Waals surface area contributed by atoms with Gasteiger partial charge in [-0.25, -0.2) is 8.42 Å². The van der Waals surface area contributed by atoms with Crippen LogP contribution in [-0.2, 0) is 14.8 Å². The van der Waals surface area contributed by atoms with Gasteiger partial charge < -0.3 is 14.8 Å². The van der Waals surface area contributed by atoms with Crippen LogP contribution in [0.3, 0.4) is 0 Å². The smallest absolute Gasteiger partial charge is 0.242 e. The third kappa shape index (κ3) is 4.96. The fourth-order valence-corrected chi connectivity index (χ4v) is 3.58. The van der Waals surface area contributed by atoms with E-state index in [0.29, 0.717) is 17.2 Å². The number of amides is 1. The Morgan fingerprint density at radius 2 is 1.73 bits per heavy atom. The van der Waals surface area contributed by atoms with Crippen LogP contribution in [0.5, 0.6) is 11.5 Å². The van der Waals surface area contributed by atoms with E-state index in [4.69, 9.17) is 9.47 Å². The molecule has 140 valence electrons. The second-order valence-corrected chi connectivity index (χ2v) is 7.98. The van der Waals surface area contributed by atoms with Crippen molar-refractivity contribution in [1.29, 1.82) is 0 Å². The monoisotopic (exact) mass is 442 g/mol. The molecule has 0 aliphatic rings. The number of carbonyl (C=O) groups excluding carboxylic acids is 1. The van der Waals surface area contributed by atoms with E-state index >= 15 is 0 Å². The van der Waals surface area contributed by atoms with Gasteiger partial charge in [-0.1, -0.05) is 15.9 Å². The van der Waals surface area contributed by atoms with Crippen LogP contribution in [-0.4, -0.2) is 34.6 Å². The van der Waals surface area contributed by atoms with Crippen molar-refractivity contribution in [2.75, 3.05) is 19.5 Å². The highest BCUT2D eigenvalue weighted by Gasteiger charge is 2.22. The van der Waals surface area contributed by atoms with Crippen LogP contribution < -0.4 is 19.5 Å². The zero-order chi connectivity index (χ0) is 19.3. The third-order valence-corrected chi connectivity index (χ3v) is 5.60. The third-order valence-electron chi connectivity index (χ3n) is 3.52. The Bertz CT molecular complexity index is 885. The number of hydrogen-bond acceptors (Lipinski definition) is 5. The number of nitrogens with one attached hydrogen (secondary N) is 2. The van der Waals surface area contributed by atoms with Crippen molar-refractivity contribution in [2.24, 2.45) is 0 Å². The minimum atomic E-state index is -3.82. The molecule has 0 aromatic heterocycles. The average molecular weight is 443 g/mol. The lowest BCUT2D eigenvalue weighted by Gasteiger charge is -2.16. The molecular weight excluding hydrogens is 424 g/mol. The van der Waals surface area contributed by atoms with Crippen LogP contribution in [0.2, 0.25) is 0 Å². The van der Waals surface area contributed by atoms with Gasteiger partial charge in [0.05, 0.1) is 30.8 Å². The van der Waals surface area contributed by atoms with Crippen molar-refractivity contribution in [1.82, 2.24) is 4.72 Å². The first kappa shape index (κ1) is 20.2. The van der Waals surface area contributed by atoms with Gasteiger partial charge in [0.15, 0.2) is 0 Å². The van der Waals surface area contributed by atoms with Crippen LogP contribution >= 0.6 is 15.9 Å². The Morgan fingerprint density at radius 3 is 2.31 bits per heavy atom. The van der Waals surface area contributed by atoms with Gasteiger partial charge in [-0.2, -0.15) is 4.72 Å². The van der Waals surface area contributed by atoms with Crippen LogP contribution in [0.15, 0.2) is 51.8 Å². The summed E-state index contributed by atoms with van der Waals surface area (Å²) in [4.78, 5) is 12.4. The minimum absolute atomic E-state index is 0.0716. The van der Waals surface area contributed by atoms with Crippen molar-refractivity contribution >= 4 is 37.5 Å². The van der Waals surface area contributed by atoms with E-state index in [1.165, 1.54) is 33.3 Å². The number of sulfonamides is 1. The highest BCUT2D eigenvalue weighted by molar-refractivity contribution is 9.10. The zero-order valence-corrected chi connectivity index (χ0v) is 16.8. The number of methoxy groups -OCH3 is 2. The number of benzene rings is 2. The van der Waals surface area contributed by atoms with E-state index in [1.807, 2.05) is 0 Å². The van der Waals surface area contributed by atoms with Gasteiger partial charge in [0, 0.05) is 10.5 Å². The summed E-state index contributed by atoms with van der Waals surface area (Å²) in [6, 6.07) is 10.0. The average Bonchev–Trinajstić information content (AvgIpc) is 2.61. The fraction of sp³-hybridized carbons (Fsp3) is 0.235. The molecule has 2 aromatic rings. The lowest BCUT2D eigenvalue weighted by molar-refractivity contribution is -0.117. The van der Waals surface area contributed by atoms with E-state index < -0.39 is 22.0 Å². The highest BCUT2D eigenvalue weighted by atomic mass is 79.9. The van der Waals surface area contributed by atoms with Crippen LogP contribution in [0.25, 0.3) is 0 Å². The summed E-state index contributed by atoms with van der Waals surface area (Å²) >= 11 is 3.25. The molecule has 1 atom stereocenters. The Morgan fingerprint density at radius 1 is 1.08 bits per heavy atom. The van der Waals surface area contributed by atoms with Gasteiger partial charge in [-0.05, 0) is 43.3 Å². The van der Waals surface area contributed by atoms with Crippen molar-refractivity contribution in [2.45, 2.75) is 17.9 Å². The maximum atomic E-state index is 12.4. The van der Waals surface area contributed by atoms with E-state index in [1.54, 1.807) is 30.3 Å². The summed E-state index contributed by atoms with van der Waals surface area (Å²) in [5, 5.41) is 2.64. The summed E-state index contributed by atoms with van der Waals surface area (Å²) in [6.07, 6.45) is 0. The highest BCUT2D eigenvalue weighted by Crippen LogP contribution is 2.29. The summed E-state index contributed by atoms with van der Waals surface area (Å²) in [5.41, 5.74) is 0.410. The van der Waals surface area contributed by atoms with Crippen LogP contribution in [0, 0.1) is 0 Å². The molecule has 0 saturated heterocycles. The van der Waals surface area contributed by atoms with Crippen LogP contribution in [0.1, 0.15) is 6.92 Å². The molecule has 2 N–H and O–H groups in total. The SMILES string of the molecule is COc1ccc(NC(=O)[C@H](C)NS(=O)(=O)c2ccc(Br)cc2)c(OC)c1. The predicted octanol–water partition coefficient (Wildman–Crippen LogP) is 2.77. The standard InChI is InChI=1S/C17H19BrN2O5S/c1-11(20-26(22,23)14-7-4-12(18)5-8-14)17(21)19-15-9-6-13(24-2)10-16(15)25-3/h4-11,20H,1-3H3,(H,19,21)/t11-/m0/s1. The maximum Gasteiger partial charge on any atom is 0.242 e. The second kappa shape index (κ2) is 8.52. The maximum absolute atomic E-state index is 12.4. The molecule has 0 aliphatic carbocycles. The van der Waals surface area contributed by atoms with Gasteiger partial charge >= 0.3 is 0 Å². The number of halogens is 1. The lowest BCUT2D eigenvalue weighted by atomic mass is 10.2. The topological polar surface area (TPSA) is 93.7 Å². The lowest BCUT2D eigenvalue weighted by Crippen LogP contribution is -2.41. The Balaban J connectivity index is 2.11. The van der Waals surface area contributed by atoms with Gasteiger partial charge in [0.1, 0.15) is 11.5 Å². The Labute approximate surface area is 160 Å². The summed E-state index contributed by atoms with van der Waals surface area (Å²) < 4.78 is 38.2. The molecule has 0 fully saturated rings. The molecule has 0 aliphatic heterocycles. The number of ether oxygens (including phenoxy) is 2. The molecule has 2 aromatic carbocycles. The number of rotatable bonds is 7. The van der Waals surface area contributed by atoms with E-state index in [0.717, 1.165) is 4.47 Å². The minimum Gasteiger partial charge on any atom is -0.497 e. The number of hydrogen-bond donors (Lipinski definition) is 2. The molecule has 7 nitrogen and oxygen atoms in total. The molecular formula is C17H19BrN2O5S. The van der Waals surface area contributed by atoms with Crippen LogP contribution in [0.4, 0.5) is 5.69 Å². The summed E-state index contributed by atoms with van der Waals surface area (Å²) in [7, 11) is -0.841. The predicted molar refractivity (Wildman–Crippen MR) is 102 cm³/mol. The molecule has 0 heterocycles. The number of carbonyl (C=O) groups is 1. The van der Waals surface area contributed by atoms with Crippen molar-refractivity contribution in [3.8, 4) is 11.5 Å². The van der Waals surface area contributed by atoms with E-state index in [-0.39, 0.29) is 4.90 Å². The van der Waals surface area contributed by atoms with Gasteiger partial charge in [-0.3, -0.25) is 4.79 Å². The summed E-state index contributed by atoms with van der Waals surface area (Å²) in [6.45, 7) is 1.46. The summed E-state index contributed by atoms with van der Waals surface area (Å²) in [5.74, 6) is 0.457. The zero-order valence-electron chi connectivity index (χ0n) is 14.4. The molecule has 0 spiro atoms. The molecule has 0 unspecified atom stereocenters. The van der Waals surface area contributed by atoms with Crippen molar-refractivity contribution < 1.29 is 22.7 Å². The van der Waals surface area contributed by atoms with Gasteiger partial charge in [0.2, 0.25) is 15.9 Å². The Kier molecular flexibility index (Phi) is 6.63. The Hall–Kier alpha value is -2.10. The molecule has 2 rings (SSSR count). The van der Waals surface area contributed by atoms with Gasteiger partial charge in [-0.15, -0.1) is 0 Å². The van der Waals surface area contributed by atoms with E-state index in [9.17, 15) is 13.2 Å². The van der Waals surface area contributed by atoms with E-state index in [2.05, 4.69) is 26.0 Å². The second-order valence-electron chi connectivity index (χ2n) is 5.35. The van der Waals surface area contributed by atoms with Gasteiger partial charge in [0.25, 0.3) is 0 Å². The quantitative estimate of drug-likeness (QED) is 0.687. The number of anilines is 1. The first-order chi connectivity index (χ1) is 12.3. The molecule has 9 heteroatoms. The molecule has 0 saturated carbocycles. The fourth-order valence-electron chi connectivity index (χ4n) is 2.11. The normalized spacial score (nSPS) is 12.3. The molecule has 26 heavy (non-hydrogen) atoms. The molecule has 0 radical (unpaired) electrons. The molecule has 1 amide bonds. The van der Waals surface area contributed by atoms with Crippen molar-refractivity contribution in [3.05, 3.63) is 46.9 Å². The first-order valence-electron chi connectivity index (χ1n) is 7.57. The molecule has 0 bridgehead atoms. The van der Waals surface area contributed by atoms with Crippen molar-refractivity contribution in [3.63, 3.8) is 0 Å². The largest absolute Gasteiger partial charge is 0.497 e.